The van der Waals surface area contributed by atoms with Crippen molar-refractivity contribution >= 4 is 5.91 Å². The first kappa shape index (κ1) is 27.1. The average molecular weight is 404 g/mol. The molecule has 4 nitrogen and oxygen atoms in total. The molecule has 4 heteroatoms. The molecule has 0 saturated heterocycles. The quantitative estimate of drug-likeness (QED) is 0.223. The van der Waals surface area contributed by atoms with Gasteiger partial charge in [-0.05, 0) is 44.9 Å². The number of methoxy groups -OCH3 is 1. The Morgan fingerprint density at radius 3 is 1.86 bits per heavy atom. The van der Waals surface area contributed by atoms with Crippen LogP contribution in [0, 0.1) is 0 Å². The van der Waals surface area contributed by atoms with Gasteiger partial charge < -0.3 is 14.8 Å². The fourth-order valence-electron chi connectivity index (χ4n) is 2.34. The first-order valence-corrected chi connectivity index (χ1v) is 10.9. The topological polar surface area (TPSA) is 47.6 Å². The van der Waals surface area contributed by atoms with Gasteiger partial charge in [0.2, 0.25) is 5.91 Å². The Morgan fingerprint density at radius 1 is 0.759 bits per heavy atom. The Hall–Kier alpha value is -1.91. The van der Waals surface area contributed by atoms with Crippen LogP contribution in [0.25, 0.3) is 0 Å². The van der Waals surface area contributed by atoms with Crippen LogP contribution in [-0.2, 0) is 14.3 Å². The molecule has 164 valence electrons. The molecule has 0 unspecified atom stereocenters. The summed E-state index contributed by atoms with van der Waals surface area (Å²) in [5.74, 6) is 0.0905. The second-order valence-corrected chi connectivity index (χ2v) is 6.56. The molecular weight excluding hydrogens is 362 g/mol. The van der Waals surface area contributed by atoms with E-state index in [2.05, 4.69) is 73.0 Å². The fourth-order valence-corrected chi connectivity index (χ4v) is 2.34. The maximum absolute atomic E-state index is 11.7. The van der Waals surface area contributed by atoms with E-state index in [0.29, 0.717) is 32.8 Å². The minimum atomic E-state index is 0.0905. The van der Waals surface area contributed by atoms with E-state index in [1.165, 1.54) is 0 Å². The first-order valence-electron chi connectivity index (χ1n) is 10.9. The van der Waals surface area contributed by atoms with Gasteiger partial charge in [-0.15, -0.1) is 0 Å². The maximum atomic E-state index is 11.7. The molecule has 0 aliphatic carbocycles. The monoisotopic (exact) mass is 403 g/mol. The van der Waals surface area contributed by atoms with Crippen LogP contribution in [0.3, 0.4) is 0 Å². The minimum Gasteiger partial charge on any atom is -0.382 e. The van der Waals surface area contributed by atoms with Crippen molar-refractivity contribution in [1.82, 2.24) is 5.32 Å². The van der Waals surface area contributed by atoms with E-state index in [1.54, 1.807) is 7.11 Å². The van der Waals surface area contributed by atoms with Gasteiger partial charge in [0, 0.05) is 20.1 Å². The summed E-state index contributed by atoms with van der Waals surface area (Å²) >= 11 is 0. The van der Waals surface area contributed by atoms with Gasteiger partial charge in [-0.25, -0.2) is 0 Å². The number of allylic oxidation sites excluding steroid dienone is 10. The molecule has 0 saturated carbocycles. The summed E-state index contributed by atoms with van der Waals surface area (Å²) in [6.45, 7) is 4.39. The van der Waals surface area contributed by atoms with Crippen LogP contribution < -0.4 is 5.32 Å². The Labute approximate surface area is 178 Å². The predicted octanol–water partition coefficient (Wildman–Crippen LogP) is 5.69. The van der Waals surface area contributed by atoms with Gasteiger partial charge in [-0.3, -0.25) is 4.79 Å². The zero-order valence-electron chi connectivity index (χ0n) is 18.5. The lowest BCUT2D eigenvalue weighted by atomic mass is 10.2. The third-order valence-corrected chi connectivity index (χ3v) is 3.93. The molecule has 1 N–H and O–H groups in total. The molecule has 0 aliphatic rings. The van der Waals surface area contributed by atoms with E-state index >= 15 is 0 Å². The fraction of sp³-hybridized carbons (Fsp3) is 0.560. The lowest BCUT2D eigenvalue weighted by Gasteiger charge is -2.05. The molecule has 0 heterocycles. The third kappa shape index (κ3) is 24.1. The zero-order chi connectivity index (χ0) is 21.3. The van der Waals surface area contributed by atoms with Gasteiger partial charge in [0.1, 0.15) is 0 Å². The maximum Gasteiger partial charge on any atom is 0.220 e. The highest BCUT2D eigenvalue weighted by atomic mass is 16.5. The summed E-state index contributed by atoms with van der Waals surface area (Å²) < 4.78 is 10.2. The van der Waals surface area contributed by atoms with Crippen LogP contribution in [0.15, 0.2) is 60.8 Å². The number of ether oxygens (including phenoxy) is 2. The molecule has 0 aromatic carbocycles. The van der Waals surface area contributed by atoms with Crippen molar-refractivity contribution in [3.05, 3.63) is 60.8 Å². The van der Waals surface area contributed by atoms with Crippen molar-refractivity contribution in [1.29, 1.82) is 0 Å². The van der Waals surface area contributed by atoms with E-state index in [4.69, 9.17) is 9.47 Å². The number of nitrogens with one attached hydrogen (secondary N) is 1. The van der Waals surface area contributed by atoms with Crippen molar-refractivity contribution in [2.45, 2.75) is 58.3 Å². The molecule has 0 bridgehead atoms. The SMILES string of the molecule is CCC=CCC=CCC=CCC=CCC=CCCCC(=O)NCCOCCOC. The number of amides is 1. The summed E-state index contributed by atoms with van der Waals surface area (Å²) in [6, 6.07) is 0. The molecule has 0 rings (SSSR count). The van der Waals surface area contributed by atoms with E-state index in [0.717, 1.165) is 44.9 Å². The lowest BCUT2D eigenvalue weighted by molar-refractivity contribution is -0.121. The highest BCUT2D eigenvalue weighted by Gasteiger charge is 1.99. The molecule has 0 atom stereocenters. The smallest absolute Gasteiger partial charge is 0.220 e. The number of hydrogen-bond acceptors (Lipinski definition) is 3. The molecule has 0 aromatic rings. The van der Waals surface area contributed by atoms with Gasteiger partial charge >= 0.3 is 0 Å². The molecule has 0 aromatic heterocycles. The molecule has 0 fully saturated rings. The van der Waals surface area contributed by atoms with Crippen LogP contribution in [0.1, 0.15) is 58.3 Å². The molecule has 0 radical (unpaired) electrons. The van der Waals surface area contributed by atoms with Gasteiger partial charge in [0.15, 0.2) is 0 Å². The number of carbonyl (C=O) groups is 1. The Bertz CT molecular complexity index is 504. The van der Waals surface area contributed by atoms with E-state index < -0.39 is 0 Å². The molecule has 29 heavy (non-hydrogen) atoms. The van der Waals surface area contributed by atoms with Crippen LogP contribution in [-0.4, -0.2) is 39.4 Å². The van der Waals surface area contributed by atoms with Gasteiger partial charge in [0.05, 0.1) is 19.8 Å². The molecular formula is C25H41NO3. The molecule has 0 aliphatic heterocycles. The largest absolute Gasteiger partial charge is 0.382 e. The second kappa shape index (κ2) is 24.1. The van der Waals surface area contributed by atoms with Crippen LogP contribution >= 0.6 is 0 Å². The van der Waals surface area contributed by atoms with Crippen molar-refractivity contribution in [2.75, 3.05) is 33.5 Å². The van der Waals surface area contributed by atoms with Gasteiger partial charge in [-0.1, -0.05) is 67.7 Å². The van der Waals surface area contributed by atoms with Crippen LogP contribution in [0.2, 0.25) is 0 Å². The summed E-state index contributed by atoms with van der Waals surface area (Å²) in [4.78, 5) is 11.7. The van der Waals surface area contributed by atoms with E-state index in [9.17, 15) is 4.79 Å². The minimum absolute atomic E-state index is 0.0905. The Kier molecular flexibility index (Phi) is 22.5. The van der Waals surface area contributed by atoms with Gasteiger partial charge in [0.25, 0.3) is 0 Å². The van der Waals surface area contributed by atoms with Crippen molar-refractivity contribution in [3.63, 3.8) is 0 Å². The lowest BCUT2D eigenvalue weighted by Crippen LogP contribution is -2.27. The summed E-state index contributed by atoms with van der Waals surface area (Å²) in [7, 11) is 1.64. The predicted molar refractivity (Wildman–Crippen MR) is 124 cm³/mol. The zero-order valence-corrected chi connectivity index (χ0v) is 18.5. The number of rotatable bonds is 19. The molecule has 1 amide bonds. The highest BCUT2D eigenvalue weighted by molar-refractivity contribution is 5.75. The highest BCUT2D eigenvalue weighted by Crippen LogP contribution is 1.99. The molecule has 0 spiro atoms. The third-order valence-electron chi connectivity index (χ3n) is 3.93. The Morgan fingerprint density at radius 2 is 1.31 bits per heavy atom. The second-order valence-electron chi connectivity index (χ2n) is 6.56. The number of carbonyl (C=O) groups excluding carboxylic acids is 1. The first-order chi connectivity index (χ1) is 14.3. The van der Waals surface area contributed by atoms with Crippen LogP contribution in [0.4, 0.5) is 0 Å². The number of hydrogen-bond donors (Lipinski definition) is 1. The van der Waals surface area contributed by atoms with Crippen molar-refractivity contribution in [2.24, 2.45) is 0 Å². The van der Waals surface area contributed by atoms with E-state index in [1.807, 2.05) is 0 Å². The van der Waals surface area contributed by atoms with Crippen molar-refractivity contribution in [3.8, 4) is 0 Å². The van der Waals surface area contributed by atoms with Crippen LogP contribution in [0.5, 0.6) is 0 Å². The average Bonchev–Trinajstić information content (AvgIpc) is 2.73. The standard InChI is InChI=1S/C25H41NO3/c1-3-4-5-6-7-8-9-10-11-12-13-14-15-16-17-18-19-20-25(27)26-21-22-29-24-23-28-2/h4-5,7-8,10-11,13-14,16-17H,3,6,9,12,15,18-24H2,1-2H3,(H,26,27). The normalized spacial score (nSPS) is 12.5. The number of unbranched alkanes of at least 4 members (excludes halogenated alkanes) is 1. The summed E-state index contributed by atoms with van der Waals surface area (Å²) in [5.41, 5.74) is 0. The van der Waals surface area contributed by atoms with Crippen molar-refractivity contribution < 1.29 is 14.3 Å². The van der Waals surface area contributed by atoms with E-state index in [-0.39, 0.29) is 5.91 Å². The Balaban J connectivity index is 3.47. The summed E-state index contributed by atoms with van der Waals surface area (Å²) in [5, 5.41) is 2.86. The summed E-state index contributed by atoms with van der Waals surface area (Å²) in [6.07, 6.45) is 29.3. The van der Waals surface area contributed by atoms with Gasteiger partial charge in [-0.2, -0.15) is 0 Å².